The average molecular weight is 539 g/mol. The molecule has 2 unspecified atom stereocenters. The number of nitrogens with zero attached hydrogens (tertiary/aromatic N) is 2. The second-order valence-electron chi connectivity index (χ2n) is 8.30. The Labute approximate surface area is 201 Å². The second kappa shape index (κ2) is 12.1. The van der Waals surface area contributed by atoms with Crippen LogP contribution in [-0.4, -0.2) is 36.0 Å². The Morgan fingerprint density at radius 1 is 1.26 bits per heavy atom. The molecule has 170 valence electrons. The number of amides is 1. The molecule has 1 aliphatic rings. The molecule has 1 saturated carbocycles. The highest BCUT2D eigenvalue weighted by Crippen LogP contribution is 2.24. The van der Waals surface area contributed by atoms with E-state index in [1.165, 1.54) is 5.56 Å². The lowest BCUT2D eigenvalue weighted by Gasteiger charge is -2.30. The highest BCUT2D eigenvalue weighted by molar-refractivity contribution is 14.0. The molecule has 0 saturated heterocycles. The Morgan fingerprint density at radius 3 is 2.68 bits per heavy atom. The quantitative estimate of drug-likeness (QED) is 0.293. The summed E-state index contributed by atoms with van der Waals surface area (Å²) in [4.78, 5) is 21.2. The zero-order valence-corrected chi connectivity index (χ0v) is 21.1. The molecule has 0 bridgehead atoms. The first-order valence-electron chi connectivity index (χ1n) is 10.7. The molecule has 1 amide bonds. The van der Waals surface area contributed by atoms with E-state index in [4.69, 9.17) is 4.42 Å². The number of carbonyl (C=O) groups is 1. The van der Waals surface area contributed by atoms with Gasteiger partial charge in [-0.1, -0.05) is 24.1 Å². The van der Waals surface area contributed by atoms with Gasteiger partial charge in [-0.2, -0.15) is 0 Å². The van der Waals surface area contributed by atoms with Crippen LogP contribution in [0.4, 0.5) is 0 Å². The van der Waals surface area contributed by atoms with Crippen molar-refractivity contribution in [2.24, 2.45) is 10.9 Å². The third-order valence-electron chi connectivity index (χ3n) is 5.33. The van der Waals surface area contributed by atoms with Crippen molar-refractivity contribution in [3.05, 3.63) is 41.8 Å². The van der Waals surface area contributed by atoms with Crippen molar-refractivity contribution in [3.8, 4) is 11.5 Å². The number of halogens is 1. The fourth-order valence-electron chi connectivity index (χ4n) is 3.74. The largest absolute Gasteiger partial charge is 0.444 e. The maximum Gasteiger partial charge on any atom is 0.226 e. The summed E-state index contributed by atoms with van der Waals surface area (Å²) in [5, 5.41) is 9.79. The minimum absolute atomic E-state index is 0. The Morgan fingerprint density at radius 2 is 2.00 bits per heavy atom. The van der Waals surface area contributed by atoms with Crippen LogP contribution in [0.3, 0.4) is 0 Å². The summed E-state index contributed by atoms with van der Waals surface area (Å²) in [5.41, 5.74) is 2.97. The van der Waals surface area contributed by atoms with E-state index >= 15 is 0 Å². The summed E-state index contributed by atoms with van der Waals surface area (Å²) in [6.07, 6.45) is 5.51. The predicted molar refractivity (Wildman–Crippen MR) is 134 cm³/mol. The van der Waals surface area contributed by atoms with E-state index < -0.39 is 0 Å². The fourth-order valence-corrected chi connectivity index (χ4v) is 3.74. The number of rotatable bonds is 6. The van der Waals surface area contributed by atoms with Gasteiger partial charge in [0.15, 0.2) is 5.96 Å². The molecule has 3 N–H and O–H groups in total. The molecule has 1 aromatic heterocycles. The predicted octanol–water partition coefficient (Wildman–Crippen LogP) is 4.02. The lowest BCUT2D eigenvalue weighted by atomic mass is 9.85. The number of carbonyl (C=O) groups excluding carboxylic acids is 1. The number of nitrogens with one attached hydrogen (secondary N) is 3. The molecule has 1 fully saturated rings. The molecule has 3 rings (SSSR count). The van der Waals surface area contributed by atoms with Crippen LogP contribution >= 0.6 is 24.0 Å². The van der Waals surface area contributed by atoms with Gasteiger partial charge in [0.25, 0.3) is 0 Å². The molecule has 2 aromatic rings. The van der Waals surface area contributed by atoms with Crippen molar-refractivity contribution in [3.63, 3.8) is 0 Å². The zero-order valence-electron chi connectivity index (χ0n) is 18.8. The molecule has 0 spiro atoms. The standard InChI is InChI=1S/C23H33N5O2.HI/c1-15(2)26-21(29)18-6-5-7-19(12-18)28-23(24-4)25-13-20-14-30-22(27-20)17-10-8-16(3)9-11-17;/h8-11,14-15,18-19H,5-7,12-13H2,1-4H3,(H,26,29)(H2,24,25,28);1H. The molecule has 0 radical (unpaired) electrons. The van der Waals surface area contributed by atoms with Crippen molar-refractivity contribution in [2.45, 2.75) is 65.1 Å². The highest BCUT2D eigenvalue weighted by Gasteiger charge is 2.28. The molecule has 8 heteroatoms. The highest BCUT2D eigenvalue weighted by atomic mass is 127. The normalized spacial score (nSPS) is 18.9. The van der Waals surface area contributed by atoms with Gasteiger partial charge < -0.3 is 20.4 Å². The Balaban J connectivity index is 0.00000341. The minimum Gasteiger partial charge on any atom is -0.444 e. The summed E-state index contributed by atoms with van der Waals surface area (Å²) in [5.74, 6) is 1.54. The van der Waals surface area contributed by atoms with Gasteiger partial charge in [-0.3, -0.25) is 9.79 Å². The first kappa shape index (κ1) is 25.2. The molecule has 1 heterocycles. The number of hydrogen-bond donors (Lipinski definition) is 3. The van der Waals surface area contributed by atoms with Crippen molar-refractivity contribution >= 4 is 35.8 Å². The topological polar surface area (TPSA) is 91.6 Å². The first-order chi connectivity index (χ1) is 14.4. The maximum absolute atomic E-state index is 12.4. The molecule has 1 aliphatic carbocycles. The number of benzene rings is 1. The Bertz CT molecular complexity index is 863. The lowest BCUT2D eigenvalue weighted by Crippen LogP contribution is -2.47. The van der Waals surface area contributed by atoms with Crippen LogP contribution in [0.2, 0.25) is 0 Å². The van der Waals surface area contributed by atoms with Crippen LogP contribution in [0, 0.1) is 12.8 Å². The summed E-state index contributed by atoms with van der Waals surface area (Å²) >= 11 is 0. The number of oxazole rings is 1. The van der Waals surface area contributed by atoms with Crippen molar-refractivity contribution < 1.29 is 9.21 Å². The maximum atomic E-state index is 12.4. The van der Waals surface area contributed by atoms with Gasteiger partial charge >= 0.3 is 0 Å². The average Bonchev–Trinajstić information content (AvgIpc) is 3.20. The zero-order chi connectivity index (χ0) is 21.5. The smallest absolute Gasteiger partial charge is 0.226 e. The third kappa shape index (κ3) is 7.52. The van der Waals surface area contributed by atoms with Gasteiger partial charge in [-0.05, 0) is 52.2 Å². The van der Waals surface area contributed by atoms with E-state index in [0.717, 1.165) is 36.9 Å². The van der Waals surface area contributed by atoms with E-state index in [1.54, 1.807) is 13.3 Å². The fraction of sp³-hybridized carbons (Fsp3) is 0.522. The van der Waals surface area contributed by atoms with E-state index in [9.17, 15) is 4.79 Å². The van der Waals surface area contributed by atoms with E-state index in [2.05, 4.69) is 32.9 Å². The number of aromatic nitrogens is 1. The number of aliphatic imine (C=N–C) groups is 1. The van der Waals surface area contributed by atoms with Crippen LogP contribution in [0.1, 0.15) is 50.8 Å². The van der Waals surface area contributed by atoms with Crippen LogP contribution in [-0.2, 0) is 11.3 Å². The molecule has 0 aliphatic heterocycles. The van der Waals surface area contributed by atoms with Gasteiger partial charge in [0.1, 0.15) is 6.26 Å². The second-order valence-corrected chi connectivity index (χ2v) is 8.30. The lowest BCUT2D eigenvalue weighted by molar-refractivity contribution is -0.126. The molecule has 7 nitrogen and oxygen atoms in total. The van der Waals surface area contributed by atoms with E-state index in [1.807, 2.05) is 38.1 Å². The third-order valence-corrected chi connectivity index (χ3v) is 5.33. The van der Waals surface area contributed by atoms with E-state index in [-0.39, 0.29) is 47.9 Å². The van der Waals surface area contributed by atoms with Crippen molar-refractivity contribution in [1.82, 2.24) is 20.9 Å². The van der Waals surface area contributed by atoms with Crippen LogP contribution in [0.25, 0.3) is 11.5 Å². The van der Waals surface area contributed by atoms with Gasteiger partial charge in [0.05, 0.1) is 12.2 Å². The van der Waals surface area contributed by atoms with Gasteiger partial charge in [0, 0.05) is 30.6 Å². The minimum atomic E-state index is 0. The SMILES string of the molecule is CN=C(NCc1coc(-c2ccc(C)cc2)n1)NC1CCCC(C(=O)NC(C)C)C1.I. The summed E-state index contributed by atoms with van der Waals surface area (Å²) in [7, 11) is 1.75. The summed E-state index contributed by atoms with van der Waals surface area (Å²) in [6.45, 7) is 6.56. The van der Waals surface area contributed by atoms with Gasteiger partial charge in [-0.15, -0.1) is 24.0 Å². The van der Waals surface area contributed by atoms with E-state index in [0.29, 0.717) is 18.4 Å². The molecular weight excluding hydrogens is 505 g/mol. The number of aryl methyl sites for hydroxylation is 1. The van der Waals surface area contributed by atoms with Crippen LogP contribution in [0.15, 0.2) is 39.9 Å². The Hall–Kier alpha value is -2.10. The van der Waals surface area contributed by atoms with Gasteiger partial charge in [0.2, 0.25) is 11.8 Å². The van der Waals surface area contributed by atoms with Crippen LogP contribution < -0.4 is 16.0 Å². The van der Waals surface area contributed by atoms with Crippen molar-refractivity contribution in [1.29, 1.82) is 0 Å². The molecule has 2 atom stereocenters. The first-order valence-corrected chi connectivity index (χ1v) is 10.7. The molecule has 1 aromatic carbocycles. The summed E-state index contributed by atoms with van der Waals surface area (Å²) in [6, 6.07) is 8.51. The number of hydrogen-bond acceptors (Lipinski definition) is 4. The van der Waals surface area contributed by atoms with Gasteiger partial charge in [-0.25, -0.2) is 4.98 Å². The number of guanidine groups is 1. The van der Waals surface area contributed by atoms with Crippen LogP contribution in [0.5, 0.6) is 0 Å². The molecular formula is C23H34IN5O2. The Kier molecular flexibility index (Phi) is 9.80. The monoisotopic (exact) mass is 539 g/mol. The summed E-state index contributed by atoms with van der Waals surface area (Å²) < 4.78 is 5.62. The van der Waals surface area contributed by atoms with Crippen molar-refractivity contribution in [2.75, 3.05) is 7.05 Å². The molecule has 31 heavy (non-hydrogen) atoms.